The monoisotopic (exact) mass is 364 g/mol. The van der Waals surface area contributed by atoms with Gasteiger partial charge < -0.3 is 9.80 Å². The van der Waals surface area contributed by atoms with Crippen LogP contribution in [0.1, 0.15) is 35.8 Å². The van der Waals surface area contributed by atoms with E-state index in [4.69, 9.17) is 0 Å². The second kappa shape index (κ2) is 7.10. The molecule has 4 heterocycles. The quantitative estimate of drug-likeness (QED) is 0.821. The first-order valence-electron chi connectivity index (χ1n) is 9.48. The fraction of sp³-hybridized carbons (Fsp3) is 0.429. The van der Waals surface area contributed by atoms with Crippen molar-refractivity contribution < 1.29 is 9.59 Å². The second-order valence-corrected chi connectivity index (χ2v) is 7.54. The van der Waals surface area contributed by atoms with Gasteiger partial charge in [-0.15, -0.1) is 0 Å². The summed E-state index contributed by atoms with van der Waals surface area (Å²) in [5.74, 6) is 1.05. The van der Waals surface area contributed by atoms with Gasteiger partial charge in [0.1, 0.15) is 0 Å². The SMILES string of the molecule is CC(=O)N1C[C@H]2CC[C@@H](C1)N(C(=O)c1cnc(-c3ccccc3)nc1C)C2. The molecule has 2 bridgehead atoms. The van der Waals surface area contributed by atoms with Crippen molar-refractivity contribution in [2.75, 3.05) is 19.6 Å². The van der Waals surface area contributed by atoms with Gasteiger partial charge in [-0.2, -0.15) is 0 Å². The van der Waals surface area contributed by atoms with E-state index >= 15 is 0 Å². The lowest BCUT2D eigenvalue weighted by Crippen LogP contribution is -2.47. The van der Waals surface area contributed by atoms with E-state index in [0.717, 1.165) is 24.9 Å². The second-order valence-electron chi connectivity index (χ2n) is 7.54. The van der Waals surface area contributed by atoms with Crippen LogP contribution < -0.4 is 0 Å². The van der Waals surface area contributed by atoms with Crippen molar-refractivity contribution in [1.29, 1.82) is 0 Å². The number of amides is 2. The molecule has 2 atom stereocenters. The Kier molecular flexibility index (Phi) is 4.64. The molecule has 2 aromatic rings. The summed E-state index contributed by atoms with van der Waals surface area (Å²) >= 11 is 0. The van der Waals surface area contributed by atoms with Crippen LogP contribution in [0.3, 0.4) is 0 Å². The molecule has 3 saturated heterocycles. The average molecular weight is 364 g/mol. The Balaban J connectivity index is 1.59. The predicted molar refractivity (Wildman–Crippen MR) is 102 cm³/mol. The number of carbonyl (C=O) groups excluding carboxylic acids is 2. The van der Waals surface area contributed by atoms with Gasteiger partial charge in [0.2, 0.25) is 5.91 Å². The van der Waals surface area contributed by atoms with E-state index < -0.39 is 0 Å². The highest BCUT2D eigenvalue weighted by Crippen LogP contribution is 2.29. The maximum atomic E-state index is 13.2. The summed E-state index contributed by atoms with van der Waals surface area (Å²) in [6, 6.07) is 9.84. The molecule has 0 spiro atoms. The van der Waals surface area contributed by atoms with Crippen molar-refractivity contribution in [3.05, 3.63) is 47.8 Å². The summed E-state index contributed by atoms with van der Waals surface area (Å²) in [7, 11) is 0. The molecule has 0 aliphatic carbocycles. The molecule has 0 saturated carbocycles. The molecule has 5 rings (SSSR count). The van der Waals surface area contributed by atoms with Crippen molar-refractivity contribution in [2.24, 2.45) is 5.92 Å². The number of hydrogen-bond acceptors (Lipinski definition) is 4. The van der Waals surface area contributed by atoms with Gasteiger partial charge in [0.15, 0.2) is 5.82 Å². The zero-order valence-corrected chi connectivity index (χ0v) is 15.8. The Morgan fingerprint density at radius 3 is 2.56 bits per heavy atom. The molecular weight excluding hydrogens is 340 g/mol. The molecule has 3 aliphatic heterocycles. The first-order valence-corrected chi connectivity index (χ1v) is 9.48. The van der Waals surface area contributed by atoms with Crippen LogP contribution in [-0.2, 0) is 4.79 Å². The van der Waals surface area contributed by atoms with Gasteiger partial charge in [0.25, 0.3) is 5.91 Å². The van der Waals surface area contributed by atoms with E-state index in [1.165, 1.54) is 0 Å². The highest BCUT2D eigenvalue weighted by Gasteiger charge is 2.38. The summed E-state index contributed by atoms with van der Waals surface area (Å²) in [6.45, 7) is 5.54. The van der Waals surface area contributed by atoms with Crippen LogP contribution in [0, 0.1) is 12.8 Å². The minimum atomic E-state index is -0.0211. The van der Waals surface area contributed by atoms with Crippen LogP contribution in [0.15, 0.2) is 36.5 Å². The maximum Gasteiger partial charge on any atom is 0.257 e. The highest BCUT2D eigenvalue weighted by molar-refractivity contribution is 5.95. The third-order valence-corrected chi connectivity index (χ3v) is 5.66. The molecule has 140 valence electrons. The first-order chi connectivity index (χ1) is 13.0. The summed E-state index contributed by atoms with van der Waals surface area (Å²) in [5.41, 5.74) is 2.18. The molecular formula is C21H24N4O2. The predicted octanol–water partition coefficient (Wildman–Crippen LogP) is 2.53. The average Bonchev–Trinajstić information content (AvgIpc) is 3.00. The molecule has 6 heteroatoms. The lowest BCUT2D eigenvalue weighted by Gasteiger charge is -2.36. The van der Waals surface area contributed by atoms with Crippen molar-refractivity contribution in [3.8, 4) is 11.4 Å². The molecule has 0 unspecified atom stereocenters. The van der Waals surface area contributed by atoms with Crippen molar-refractivity contribution in [2.45, 2.75) is 32.7 Å². The molecule has 2 amide bonds. The van der Waals surface area contributed by atoms with Crippen molar-refractivity contribution >= 4 is 11.8 Å². The maximum absolute atomic E-state index is 13.2. The lowest BCUT2D eigenvalue weighted by molar-refractivity contribution is -0.129. The first kappa shape index (κ1) is 17.6. The largest absolute Gasteiger partial charge is 0.341 e. The summed E-state index contributed by atoms with van der Waals surface area (Å²) in [5, 5.41) is 0. The molecule has 27 heavy (non-hydrogen) atoms. The van der Waals surface area contributed by atoms with Gasteiger partial charge >= 0.3 is 0 Å². The molecule has 3 fully saturated rings. The normalized spacial score (nSPS) is 21.9. The molecule has 1 aromatic heterocycles. The van der Waals surface area contributed by atoms with E-state index in [9.17, 15) is 9.59 Å². The number of aryl methyl sites for hydroxylation is 1. The topological polar surface area (TPSA) is 66.4 Å². The lowest BCUT2D eigenvalue weighted by atomic mass is 9.94. The van der Waals surface area contributed by atoms with Gasteiger partial charge in [-0.05, 0) is 25.7 Å². The summed E-state index contributed by atoms with van der Waals surface area (Å²) in [6.07, 6.45) is 3.66. The zero-order chi connectivity index (χ0) is 19.0. The number of rotatable bonds is 2. The highest BCUT2D eigenvalue weighted by atomic mass is 16.2. The molecule has 0 radical (unpaired) electrons. The van der Waals surface area contributed by atoms with E-state index in [2.05, 4.69) is 9.97 Å². The van der Waals surface area contributed by atoms with Gasteiger partial charge in [0, 0.05) is 44.4 Å². The van der Waals surface area contributed by atoms with Crippen LogP contribution in [0.5, 0.6) is 0 Å². The summed E-state index contributed by atoms with van der Waals surface area (Å²) < 4.78 is 0. The molecule has 3 aliphatic rings. The minimum absolute atomic E-state index is 0.0211. The number of hydrogen-bond donors (Lipinski definition) is 0. The fourth-order valence-corrected chi connectivity index (χ4v) is 4.15. The van der Waals surface area contributed by atoms with E-state index in [0.29, 0.717) is 36.1 Å². The smallest absolute Gasteiger partial charge is 0.257 e. The Labute approximate surface area is 159 Å². The van der Waals surface area contributed by atoms with Crippen LogP contribution >= 0.6 is 0 Å². The summed E-state index contributed by atoms with van der Waals surface area (Å²) in [4.78, 5) is 37.9. The number of fused-ring (bicyclic) bond motifs is 4. The third-order valence-electron chi connectivity index (χ3n) is 5.66. The molecule has 6 nitrogen and oxygen atoms in total. The number of carbonyl (C=O) groups is 2. The molecule has 0 N–H and O–H groups in total. The van der Waals surface area contributed by atoms with E-state index in [1.54, 1.807) is 13.1 Å². The molecule has 1 aromatic carbocycles. The van der Waals surface area contributed by atoms with Crippen LogP contribution in [0.4, 0.5) is 0 Å². The zero-order valence-electron chi connectivity index (χ0n) is 15.8. The Morgan fingerprint density at radius 2 is 1.85 bits per heavy atom. The van der Waals surface area contributed by atoms with Crippen LogP contribution in [0.2, 0.25) is 0 Å². The minimum Gasteiger partial charge on any atom is -0.341 e. The van der Waals surface area contributed by atoms with E-state index in [1.807, 2.05) is 47.1 Å². The third kappa shape index (κ3) is 3.44. The number of benzene rings is 1. The van der Waals surface area contributed by atoms with Gasteiger partial charge in [-0.1, -0.05) is 30.3 Å². The Morgan fingerprint density at radius 1 is 1.07 bits per heavy atom. The van der Waals surface area contributed by atoms with Gasteiger partial charge in [-0.3, -0.25) is 9.59 Å². The Hall–Kier alpha value is -2.76. The number of aromatic nitrogens is 2. The Bertz CT molecular complexity index is 868. The van der Waals surface area contributed by atoms with Gasteiger partial charge in [0.05, 0.1) is 11.3 Å². The standard InChI is InChI=1S/C21H24N4O2/c1-14-19(10-22-20(23-14)17-6-4-3-5-7-17)21(27)25-12-16-8-9-18(25)13-24(11-16)15(2)26/h3-7,10,16,18H,8-9,11-13H2,1-2H3/t16-,18+/m1/s1. The van der Waals surface area contributed by atoms with E-state index in [-0.39, 0.29) is 17.9 Å². The van der Waals surface area contributed by atoms with Crippen LogP contribution in [-0.4, -0.2) is 57.3 Å². The van der Waals surface area contributed by atoms with Crippen LogP contribution in [0.25, 0.3) is 11.4 Å². The van der Waals surface area contributed by atoms with Gasteiger partial charge in [-0.25, -0.2) is 9.97 Å². The van der Waals surface area contributed by atoms with Crippen molar-refractivity contribution in [3.63, 3.8) is 0 Å². The van der Waals surface area contributed by atoms with Crippen molar-refractivity contribution in [1.82, 2.24) is 19.8 Å². The number of nitrogens with zero attached hydrogens (tertiary/aromatic N) is 4. The number of piperidine rings is 1. The fourth-order valence-electron chi connectivity index (χ4n) is 4.15.